The van der Waals surface area contributed by atoms with Crippen molar-refractivity contribution in [3.63, 3.8) is 0 Å². The summed E-state index contributed by atoms with van der Waals surface area (Å²) in [6, 6.07) is 5.54. The number of amides is 1. The zero-order chi connectivity index (χ0) is 20.5. The van der Waals surface area contributed by atoms with Crippen LogP contribution in [0.25, 0.3) is 0 Å². The Kier molecular flexibility index (Phi) is 5.53. The van der Waals surface area contributed by atoms with Gasteiger partial charge in [0.15, 0.2) is 5.13 Å². The average Bonchev–Trinajstić information content (AvgIpc) is 3.39. The molecule has 0 bridgehead atoms. The molecule has 1 unspecified atom stereocenters. The molecule has 3 rings (SSSR count). The average molecular weight is 434 g/mol. The van der Waals surface area contributed by atoms with E-state index in [0.29, 0.717) is 5.69 Å². The molecule has 1 aromatic heterocycles. The lowest BCUT2D eigenvalue weighted by Gasteiger charge is -2.34. The van der Waals surface area contributed by atoms with Crippen LogP contribution < -0.4 is 10.6 Å². The predicted molar refractivity (Wildman–Crippen MR) is 97.4 cm³/mol. The van der Waals surface area contributed by atoms with Gasteiger partial charge in [0.2, 0.25) is 0 Å². The summed E-state index contributed by atoms with van der Waals surface area (Å²) in [5.41, 5.74) is -3.11. The van der Waals surface area contributed by atoms with E-state index >= 15 is 0 Å². The van der Waals surface area contributed by atoms with E-state index < -0.39 is 23.7 Å². The second-order valence-electron chi connectivity index (χ2n) is 6.15. The topological polar surface area (TPSA) is 80.3 Å². The number of hydrogen-bond donors (Lipinski definition) is 2. The van der Waals surface area contributed by atoms with Crippen LogP contribution in [0.1, 0.15) is 34.8 Å². The molecule has 1 heterocycles. The number of rotatable bonds is 6. The molecular formula is C17H15ClF3N3O3S. The minimum absolute atomic E-state index is 0.0637. The maximum atomic E-state index is 14.0. The number of benzene rings is 1. The third-order valence-corrected chi connectivity index (χ3v) is 5.25. The second kappa shape index (κ2) is 7.59. The number of ether oxygens (including phenoxy) is 1. The van der Waals surface area contributed by atoms with E-state index in [0.717, 1.165) is 31.3 Å². The summed E-state index contributed by atoms with van der Waals surface area (Å²) in [4.78, 5) is 28.8. The van der Waals surface area contributed by atoms with Gasteiger partial charge in [0.25, 0.3) is 5.91 Å². The van der Waals surface area contributed by atoms with Gasteiger partial charge in [0, 0.05) is 11.3 Å². The van der Waals surface area contributed by atoms with Crippen molar-refractivity contribution in [1.29, 1.82) is 0 Å². The lowest BCUT2D eigenvalue weighted by Crippen LogP contribution is -2.69. The fourth-order valence-electron chi connectivity index (χ4n) is 2.50. The van der Waals surface area contributed by atoms with Crippen molar-refractivity contribution in [2.24, 2.45) is 0 Å². The van der Waals surface area contributed by atoms with Gasteiger partial charge in [-0.2, -0.15) is 13.2 Å². The highest BCUT2D eigenvalue weighted by Gasteiger charge is 2.64. The highest BCUT2D eigenvalue weighted by atomic mass is 35.5. The lowest BCUT2D eigenvalue weighted by atomic mass is 10.1. The Hall–Kier alpha value is -2.33. The Morgan fingerprint density at radius 3 is 2.54 bits per heavy atom. The van der Waals surface area contributed by atoms with Crippen LogP contribution in [0.5, 0.6) is 0 Å². The molecule has 0 spiro atoms. The van der Waals surface area contributed by atoms with E-state index in [4.69, 9.17) is 11.6 Å². The molecule has 1 aliphatic carbocycles. The zero-order valence-electron chi connectivity index (χ0n) is 14.5. The Labute approximate surface area is 167 Å². The van der Waals surface area contributed by atoms with E-state index in [1.165, 1.54) is 24.3 Å². The van der Waals surface area contributed by atoms with Gasteiger partial charge >= 0.3 is 17.8 Å². The highest BCUT2D eigenvalue weighted by Crippen LogP contribution is 2.42. The summed E-state index contributed by atoms with van der Waals surface area (Å²) < 4.78 is 46.4. The molecule has 2 N–H and O–H groups in total. The van der Waals surface area contributed by atoms with Crippen LogP contribution in [0.3, 0.4) is 0 Å². The van der Waals surface area contributed by atoms with Crippen LogP contribution in [0, 0.1) is 0 Å². The monoisotopic (exact) mass is 433 g/mol. The number of carbonyl (C=O) groups excluding carboxylic acids is 2. The molecular weight excluding hydrogens is 419 g/mol. The van der Waals surface area contributed by atoms with Gasteiger partial charge in [0.05, 0.1) is 23.4 Å². The van der Waals surface area contributed by atoms with Gasteiger partial charge in [-0.15, -0.1) is 11.3 Å². The second-order valence-corrected chi connectivity index (χ2v) is 7.42. The van der Waals surface area contributed by atoms with E-state index in [2.05, 4.69) is 9.72 Å². The number of alkyl halides is 3. The van der Waals surface area contributed by atoms with Gasteiger partial charge in [0.1, 0.15) is 0 Å². The molecule has 150 valence electrons. The summed E-state index contributed by atoms with van der Waals surface area (Å²) in [5, 5.41) is 5.15. The van der Waals surface area contributed by atoms with Crippen LogP contribution in [-0.2, 0) is 9.53 Å². The summed E-state index contributed by atoms with van der Waals surface area (Å²) in [6.07, 6.45) is -3.41. The van der Waals surface area contributed by atoms with Gasteiger partial charge in [-0.1, -0.05) is 23.7 Å². The first kappa shape index (κ1) is 20.4. The Morgan fingerprint density at radius 1 is 1.29 bits per heavy atom. The molecule has 1 atom stereocenters. The fourth-order valence-corrected chi connectivity index (χ4v) is 3.57. The van der Waals surface area contributed by atoms with Gasteiger partial charge in [-0.05, 0) is 25.0 Å². The molecule has 1 aliphatic rings. The van der Waals surface area contributed by atoms with Gasteiger partial charge < -0.3 is 15.4 Å². The van der Waals surface area contributed by atoms with Crippen molar-refractivity contribution < 1.29 is 27.5 Å². The van der Waals surface area contributed by atoms with E-state index in [9.17, 15) is 22.8 Å². The minimum atomic E-state index is -5.23. The summed E-state index contributed by atoms with van der Waals surface area (Å²) in [7, 11) is 0.795. The summed E-state index contributed by atoms with van der Waals surface area (Å²) in [5.74, 6) is -2.72. The smallest absolute Gasteiger partial charge is 0.442 e. The lowest BCUT2D eigenvalue weighted by molar-refractivity contribution is -0.203. The number of hydrogen-bond acceptors (Lipinski definition) is 6. The number of methoxy groups -OCH3 is 1. The van der Waals surface area contributed by atoms with Gasteiger partial charge in [-0.3, -0.25) is 4.79 Å². The molecule has 0 aliphatic heterocycles. The Bertz CT molecular complexity index is 901. The maximum absolute atomic E-state index is 14.0. The van der Waals surface area contributed by atoms with Crippen LogP contribution in [0.4, 0.5) is 18.3 Å². The minimum Gasteiger partial charge on any atom is -0.466 e. The van der Waals surface area contributed by atoms with Crippen molar-refractivity contribution in [2.45, 2.75) is 30.6 Å². The quantitative estimate of drug-likeness (QED) is 0.532. The highest BCUT2D eigenvalue weighted by molar-refractivity contribution is 7.13. The molecule has 1 saturated carbocycles. The molecule has 1 amide bonds. The Morgan fingerprint density at radius 2 is 1.96 bits per heavy atom. The SMILES string of the molecule is COC(=O)C(NC(=O)c1ccccc1Cl)(Nc1nc(C2CC2)cs1)C(F)(F)F. The normalized spacial score (nSPS) is 16.2. The number of anilines is 1. The van der Waals surface area contributed by atoms with Crippen molar-refractivity contribution in [3.05, 3.63) is 45.9 Å². The number of nitrogens with one attached hydrogen (secondary N) is 2. The van der Waals surface area contributed by atoms with Crippen molar-refractivity contribution in [1.82, 2.24) is 10.3 Å². The molecule has 2 aromatic rings. The van der Waals surface area contributed by atoms with Crippen LogP contribution in [-0.4, -0.2) is 35.8 Å². The number of esters is 1. The first-order valence-electron chi connectivity index (χ1n) is 8.13. The maximum Gasteiger partial charge on any atom is 0.442 e. The molecule has 11 heteroatoms. The van der Waals surface area contributed by atoms with Crippen molar-refractivity contribution in [2.75, 3.05) is 12.4 Å². The Balaban J connectivity index is 1.98. The largest absolute Gasteiger partial charge is 0.466 e. The van der Waals surface area contributed by atoms with E-state index in [1.54, 1.807) is 10.7 Å². The number of aromatic nitrogens is 1. The molecule has 1 fully saturated rings. The molecule has 6 nitrogen and oxygen atoms in total. The molecule has 0 saturated heterocycles. The number of nitrogens with zero attached hydrogens (tertiary/aromatic N) is 1. The number of halogens is 4. The first-order valence-corrected chi connectivity index (χ1v) is 9.39. The fraction of sp³-hybridized carbons (Fsp3) is 0.353. The van der Waals surface area contributed by atoms with E-state index in [-0.39, 0.29) is 21.6 Å². The van der Waals surface area contributed by atoms with Crippen molar-refractivity contribution in [3.8, 4) is 0 Å². The third-order valence-electron chi connectivity index (χ3n) is 4.15. The molecule has 1 aromatic carbocycles. The van der Waals surface area contributed by atoms with Crippen LogP contribution in [0.15, 0.2) is 29.6 Å². The third kappa shape index (κ3) is 3.93. The van der Waals surface area contributed by atoms with Crippen molar-refractivity contribution >= 4 is 39.9 Å². The predicted octanol–water partition coefficient (Wildman–Crippen LogP) is 3.95. The number of thiazole rings is 1. The van der Waals surface area contributed by atoms with Crippen LogP contribution in [0.2, 0.25) is 5.02 Å². The summed E-state index contributed by atoms with van der Waals surface area (Å²) in [6.45, 7) is 0. The van der Waals surface area contributed by atoms with E-state index in [1.807, 2.05) is 5.32 Å². The molecule has 28 heavy (non-hydrogen) atoms. The zero-order valence-corrected chi connectivity index (χ0v) is 16.0. The molecule has 0 radical (unpaired) electrons. The van der Waals surface area contributed by atoms with Gasteiger partial charge in [-0.25, -0.2) is 9.78 Å². The first-order chi connectivity index (χ1) is 13.2. The van der Waals surface area contributed by atoms with Crippen LogP contribution >= 0.6 is 22.9 Å². The standard InChI is InChI=1S/C17H15ClF3N3O3S/c1-27-14(26)16(17(19,20)21,23-13(25)10-4-2-3-5-11(10)18)24-15-22-12(8-28-15)9-6-7-9/h2-5,8-9H,6-7H2,1H3,(H,22,24)(H,23,25). The number of carbonyl (C=O) groups is 2. The summed E-state index contributed by atoms with van der Waals surface area (Å²) >= 11 is 6.80.